The number of rotatable bonds is 1. The van der Waals surface area contributed by atoms with Gasteiger partial charge >= 0.3 is 5.97 Å². The molecule has 0 bridgehead atoms. The first-order valence-corrected chi connectivity index (χ1v) is 6.87. The van der Waals surface area contributed by atoms with Gasteiger partial charge in [0, 0.05) is 13.1 Å². The molecule has 1 heterocycles. The molecule has 1 aliphatic carbocycles. The van der Waals surface area contributed by atoms with Gasteiger partial charge in [-0.1, -0.05) is 19.3 Å². The topological polar surface area (TPSA) is 38.3 Å². The maximum Gasteiger partial charge on any atom is 0.311 e. The average molecular weight is 239 g/mol. The van der Waals surface area contributed by atoms with Crippen molar-refractivity contribution in [1.29, 1.82) is 0 Å². The van der Waals surface area contributed by atoms with E-state index in [0.717, 1.165) is 13.1 Å². The molecule has 0 aromatic carbocycles. The van der Waals surface area contributed by atoms with Gasteiger partial charge in [0.1, 0.15) is 5.60 Å². The Morgan fingerprint density at radius 1 is 1.24 bits per heavy atom. The number of hydrogen-bond donors (Lipinski definition) is 1. The van der Waals surface area contributed by atoms with E-state index in [1.54, 1.807) is 0 Å². The monoisotopic (exact) mass is 239 g/mol. The van der Waals surface area contributed by atoms with E-state index < -0.39 is 0 Å². The highest BCUT2D eigenvalue weighted by Gasteiger charge is 2.48. The maximum atomic E-state index is 12.3. The summed E-state index contributed by atoms with van der Waals surface area (Å²) in [4.78, 5) is 12.3. The third kappa shape index (κ3) is 2.82. The van der Waals surface area contributed by atoms with Crippen molar-refractivity contribution >= 4 is 5.97 Å². The molecule has 3 nitrogen and oxygen atoms in total. The molecule has 1 spiro atoms. The van der Waals surface area contributed by atoms with Crippen LogP contribution in [0.2, 0.25) is 0 Å². The SMILES string of the molecule is CC(C)(C)OC(=O)C1CNCC12CCCCC2. The molecule has 2 rings (SSSR count). The van der Waals surface area contributed by atoms with E-state index in [-0.39, 0.29) is 22.9 Å². The van der Waals surface area contributed by atoms with Crippen LogP contribution in [-0.4, -0.2) is 24.7 Å². The van der Waals surface area contributed by atoms with E-state index in [1.807, 2.05) is 20.8 Å². The summed E-state index contributed by atoms with van der Waals surface area (Å²) in [5.74, 6) is 0.0754. The molecule has 0 aromatic rings. The normalized spacial score (nSPS) is 28.3. The highest BCUT2D eigenvalue weighted by atomic mass is 16.6. The molecule has 17 heavy (non-hydrogen) atoms. The molecule has 98 valence electrons. The molecular weight excluding hydrogens is 214 g/mol. The Morgan fingerprint density at radius 3 is 2.47 bits per heavy atom. The molecule has 1 aliphatic heterocycles. The molecule has 1 N–H and O–H groups in total. The number of nitrogens with one attached hydrogen (secondary N) is 1. The number of hydrogen-bond acceptors (Lipinski definition) is 3. The van der Waals surface area contributed by atoms with E-state index in [2.05, 4.69) is 5.32 Å². The molecule has 0 aromatic heterocycles. The van der Waals surface area contributed by atoms with Gasteiger partial charge in [-0.25, -0.2) is 0 Å². The molecule has 0 radical (unpaired) electrons. The van der Waals surface area contributed by atoms with Gasteiger partial charge in [-0.15, -0.1) is 0 Å². The van der Waals surface area contributed by atoms with Crippen LogP contribution in [0, 0.1) is 11.3 Å². The fourth-order valence-corrected chi connectivity index (χ4v) is 3.29. The lowest BCUT2D eigenvalue weighted by molar-refractivity contribution is -0.163. The van der Waals surface area contributed by atoms with Crippen molar-refractivity contribution in [2.75, 3.05) is 13.1 Å². The molecule has 1 saturated heterocycles. The van der Waals surface area contributed by atoms with Gasteiger partial charge in [-0.2, -0.15) is 0 Å². The van der Waals surface area contributed by atoms with Gasteiger partial charge < -0.3 is 10.1 Å². The van der Waals surface area contributed by atoms with Crippen LogP contribution in [0.25, 0.3) is 0 Å². The number of carbonyl (C=O) groups is 1. The fraction of sp³-hybridized carbons (Fsp3) is 0.929. The maximum absolute atomic E-state index is 12.3. The minimum absolute atomic E-state index is 0.00407. The Kier molecular flexibility index (Phi) is 3.48. The summed E-state index contributed by atoms with van der Waals surface area (Å²) < 4.78 is 5.57. The van der Waals surface area contributed by atoms with Gasteiger partial charge in [0.25, 0.3) is 0 Å². The standard InChI is InChI=1S/C14H25NO2/c1-13(2,3)17-12(16)11-9-15-10-14(11)7-5-4-6-8-14/h11,15H,4-10H2,1-3H3. The summed E-state index contributed by atoms with van der Waals surface area (Å²) in [7, 11) is 0. The highest BCUT2D eigenvalue weighted by Crippen LogP contribution is 2.45. The van der Waals surface area contributed by atoms with Gasteiger partial charge in [0.15, 0.2) is 0 Å². The van der Waals surface area contributed by atoms with E-state index in [1.165, 1.54) is 32.1 Å². The number of esters is 1. The number of carbonyl (C=O) groups excluding carboxylic acids is 1. The largest absolute Gasteiger partial charge is 0.460 e. The lowest BCUT2D eigenvalue weighted by Gasteiger charge is -2.37. The van der Waals surface area contributed by atoms with Crippen LogP contribution in [0.5, 0.6) is 0 Å². The lowest BCUT2D eigenvalue weighted by atomic mass is 9.68. The summed E-state index contributed by atoms with van der Waals surface area (Å²) in [6, 6.07) is 0. The van der Waals surface area contributed by atoms with Gasteiger partial charge in [0.05, 0.1) is 5.92 Å². The van der Waals surface area contributed by atoms with Gasteiger partial charge in [0.2, 0.25) is 0 Å². The minimum Gasteiger partial charge on any atom is -0.460 e. The zero-order chi connectivity index (χ0) is 12.5. The first-order chi connectivity index (χ1) is 7.93. The van der Waals surface area contributed by atoms with Crippen molar-refractivity contribution in [1.82, 2.24) is 5.32 Å². The fourth-order valence-electron chi connectivity index (χ4n) is 3.29. The molecular formula is C14H25NO2. The zero-order valence-electron chi connectivity index (χ0n) is 11.3. The number of ether oxygens (including phenoxy) is 1. The Morgan fingerprint density at radius 2 is 1.88 bits per heavy atom. The summed E-state index contributed by atoms with van der Waals surface area (Å²) in [5, 5.41) is 3.40. The molecule has 1 unspecified atom stereocenters. The van der Waals surface area contributed by atoms with Crippen molar-refractivity contribution in [3.63, 3.8) is 0 Å². The van der Waals surface area contributed by atoms with Crippen molar-refractivity contribution in [3.05, 3.63) is 0 Å². The van der Waals surface area contributed by atoms with Crippen LogP contribution < -0.4 is 5.32 Å². The van der Waals surface area contributed by atoms with E-state index in [9.17, 15) is 4.79 Å². The second-order valence-corrected chi connectivity index (χ2v) is 6.64. The quantitative estimate of drug-likeness (QED) is 0.714. The Labute approximate surface area is 104 Å². The minimum atomic E-state index is -0.366. The average Bonchev–Trinajstić information content (AvgIpc) is 2.60. The Hall–Kier alpha value is -0.570. The van der Waals surface area contributed by atoms with Crippen LogP contribution >= 0.6 is 0 Å². The molecule has 2 aliphatic rings. The molecule has 3 heteroatoms. The predicted octanol–water partition coefficient (Wildman–Crippen LogP) is 2.50. The van der Waals surface area contributed by atoms with E-state index in [4.69, 9.17) is 4.74 Å². The summed E-state index contributed by atoms with van der Waals surface area (Å²) in [5.41, 5.74) is -0.171. The lowest BCUT2D eigenvalue weighted by Crippen LogP contribution is -2.40. The zero-order valence-corrected chi connectivity index (χ0v) is 11.3. The van der Waals surface area contributed by atoms with Crippen LogP contribution in [-0.2, 0) is 9.53 Å². The van der Waals surface area contributed by atoms with E-state index in [0.29, 0.717) is 0 Å². The van der Waals surface area contributed by atoms with Crippen molar-refractivity contribution in [3.8, 4) is 0 Å². The third-order valence-electron chi connectivity index (χ3n) is 4.11. The van der Waals surface area contributed by atoms with Crippen LogP contribution in [0.1, 0.15) is 52.9 Å². The van der Waals surface area contributed by atoms with Crippen LogP contribution in [0.15, 0.2) is 0 Å². The van der Waals surface area contributed by atoms with Gasteiger partial charge in [-0.3, -0.25) is 4.79 Å². The van der Waals surface area contributed by atoms with E-state index >= 15 is 0 Å². The second kappa shape index (κ2) is 4.60. The Bertz CT molecular complexity index is 287. The molecule has 1 saturated carbocycles. The first-order valence-electron chi connectivity index (χ1n) is 6.87. The van der Waals surface area contributed by atoms with Crippen LogP contribution in [0.4, 0.5) is 0 Å². The first kappa shape index (κ1) is 12.9. The van der Waals surface area contributed by atoms with Crippen molar-refractivity contribution in [2.24, 2.45) is 11.3 Å². The predicted molar refractivity (Wildman–Crippen MR) is 67.7 cm³/mol. The molecule has 1 atom stereocenters. The highest BCUT2D eigenvalue weighted by molar-refractivity contribution is 5.74. The summed E-state index contributed by atoms with van der Waals surface area (Å²) in [6.07, 6.45) is 6.22. The third-order valence-corrected chi connectivity index (χ3v) is 4.11. The van der Waals surface area contributed by atoms with Crippen molar-refractivity contribution in [2.45, 2.75) is 58.5 Å². The van der Waals surface area contributed by atoms with Gasteiger partial charge in [-0.05, 0) is 39.0 Å². The van der Waals surface area contributed by atoms with Crippen molar-refractivity contribution < 1.29 is 9.53 Å². The molecule has 0 amide bonds. The second-order valence-electron chi connectivity index (χ2n) is 6.64. The Balaban J connectivity index is 2.06. The summed E-state index contributed by atoms with van der Waals surface area (Å²) >= 11 is 0. The summed E-state index contributed by atoms with van der Waals surface area (Å²) in [6.45, 7) is 7.63. The molecule has 2 fully saturated rings. The smallest absolute Gasteiger partial charge is 0.311 e. The van der Waals surface area contributed by atoms with Crippen LogP contribution in [0.3, 0.4) is 0 Å².